The highest BCUT2D eigenvalue weighted by molar-refractivity contribution is 6.00. The number of carbonyl (C=O) groups excluding carboxylic acids is 1. The first kappa shape index (κ1) is 18.4. The number of imidazole rings is 1. The summed E-state index contributed by atoms with van der Waals surface area (Å²) in [6.07, 6.45) is 1.41. The van der Waals surface area contributed by atoms with Crippen LogP contribution in [0.25, 0.3) is 11.2 Å². The highest BCUT2D eigenvalue weighted by Gasteiger charge is 2.21. The smallest absolute Gasteiger partial charge is 0.315 e. The fraction of sp³-hybridized carbons (Fsp3) is 0.143. The van der Waals surface area contributed by atoms with Crippen LogP contribution in [0.4, 0.5) is 11.4 Å². The molecule has 0 fully saturated rings. The van der Waals surface area contributed by atoms with Gasteiger partial charge in [-0.05, 0) is 24.3 Å². The van der Waals surface area contributed by atoms with Crippen LogP contribution < -0.4 is 16.1 Å². The molecule has 2 aromatic heterocycles. The number of rotatable bonds is 4. The summed E-state index contributed by atoms with van der Waals surface area (Å²) in [6, 6.07) is 18.6. The van der Waals surface area contributed by atoms with Crippen LogP contribution in [0, 0.1) is 0 Å². The standard InChI is InChI=1S/C21H19N5O3/c1-23-19-18(20(28)24(2)21(23)29)25(14-22-19)13-17(27)26(15-9-5-3-6-10-15)16-11-7-4-8-12-16/h3-12,14H,13H2,1-2H3. The molecule has 0 bridgehead atoms. The summed E-state index contributed by atoms with van der Waals surface area (Å²) in [7, 11) is 2.95. The summed E-state index contributed by atoms with van der Waals surface area (Å²) in [5, 5.41) is 0. The molecule has 8 nitrogen and oxygen atoms in total. The van der Waals surface area contributed by atoms with E-state index in [4.69, 9.17) is 0 Å². The molecule has 8 heteroatoms. The van der Waals surface area contributed by atoms with Crippen LogP contribution in [0.3, 0.4) is 0 Å². The highest BCUT2D eigenvalue weighted by atomic mass is 16.2. The highest BCUT2D eigenvalue weighted by Crippen LogP contribution is 2.25. The Bertz CT molecular complexity index is 1260. The lowest BCUT2D eigenvalue weighted by atomic mass is 10.2. The van der Waals surface area contributed by atoms with Crippen LogP contribution in [0.5, 0.6) is 0 Å². The largest absolute Gasteiger partial charge is 0.332 e. The van der Waals surface area contributed by atoms with E-state index in [0.717, 1.165) is 4.57 Å². The van der Waals surface area contributed by atoms with Crippen molar-refractivity contribution >= 4 is 28.4 Å². The molecule has 2 aromatic carbocycles. The van der Waals surface area contributed by atoms with Crippen molar-refractivity contribution < 1.29 is 4.79 Å². The number of nitrogens with zero attached hydrogens (tertiary/aromatic N) is 5. The van der Waals surface area contributed by atoms with Gasteiger partial charge in [0.25, 0.3) is 11.5 Å². The summed E-state index contributed by atoms with van der Waals surface area (Å²) in [5.41, 5.74) is 0.941. The lowest BCUT2D eigenvalue weighted by Crippen LogP contribution is -2.38. The van der Waals surface area contributed by atoms with Crippen molar-refractivity contribution in [3.8, 4) is 0 Å². The van der Waals surface area contributed by atoms with Crippen LogP contribution in [0.15, 0.2) is 76.6 Å². The zero-order valence-corrected chi connectivity index (χ0v) is 16.0. The second-order valence-electron chi connectivity index (χ2n) is 6.65. The zero-order valence-electron chi connectivity index (χ0n) is 16.0. The van der Waals surface area contributed by atoms with Crippen LogP contribution in [-0.4, -0.2) is 24.6 Å². The van der Waals surface area contributed by atoms with Crippen molar-refractivity contribution in [2.45, 2.75) is 6.54 Å². The summed E-state index contributed by atoms with van der Waals surface area (Å²) < 4.78 is 3.79. The monoisotopic (exact) mass is 389 g/mol. The Hall–Kier alpha value is -3.94. The molecule has 0 saturated carbocycles. The Morgan fingerprint density at radius 2 is 1.45 bits per heavy atom. The average molecular weight is 389 g/mol. The number of aryl methyl sites for hydroxylation is 1. The maximum absolute atomic E-state index is 13.3. The molecule has 0 radical (unpaired) electrons. The molecular weight excluding hydrogens is 370 g/mol. The van der Waals surface area contributed by atoms with Gasteiger partial charge in [0, 0.05) is 25.5 Å². The third-order valence-electron chi connectivity index (χ3n) is 4.80. The van der Waals surface area contributed by atoms with E-state index in [0.29, 0.717) is 11.4 Å². The molecule has 0 unspecified atom stereocenters. The molecule has 0 atom stereocenters. The first-order valence-electron chi connectivity index (χ1n) is 9.03. The predicted molar refractivity (Wildman–Crippen MR) is 110 cm³/mol. The summed E-state index contributed by atoms with van der Waals surface area (Å²) in [4.78, 5) is 43.8. The number of anilines is 2. The molecule has 0 saturated heterocycles. The van der Waals surface area contributed by atoms with Gasteiger partial charge in [0.15, 0.2) is 11.2 Å². The molecule has 29 heavy (non-hydrogen) atoms. The number of benzene rings is 2. The number of hydrogen-bond donors (Lipinski definition) is 0. The van der Waals surface area contributed by atoms with E-state index >= 15 is 0 Å². The number of para-hydroxylation sites is 2. The van der Waals surface area contributed by atoms with Crippen molar-refractivity contribution in [2.75, 3.05) is 4.90 Å². The Morgan fingerprint density at radius 1 is 0.897 bits per heavy atom. The van der Waals surface area contributed by atoms with E-state index in [-0.39, 0.29) is 23.6 Å². The number of fused-ring (bicyclic) bond motifs is 1. The van der Waals surface area contributed by atoms with Crippen molar-refractivity contribution in [2.24, 2.45) is 14.1 Å². The first-order valence-corrected chi connectivity index (χ1v) is 9.03. The summed E-state index contributed by atoms with van der Waals surface area (Å²) in [6.45, 7) is -0.103. The van der Waals surface area contributed by atoms with E-state index in [9.17, 15) is 14.4 Å². The van der Waals surface area contributed by atoms with Crippen molar-refractivity contribution in [3.63, 3.8) is 0 Å². The topological polar surface area (TPSA) is 82.1 Å². The Labute approximate surface area is 165 Å². The molecule has 0 N–H and O–H groups in total. The number of carbonyl (C=O) groups is 1. The minimum Gasteiger partial charge on any atom is -0.315 e. The van der Waals surface area contributed by atoms with Gasteiger partial charge in [-0.3, -0.25) is 23.6 Å². The molecule has 0 aliphatic rings. The maximum Gasteiger partial charge on any atom is 0.332 e. The van der Waals surface area contributed by atoms with Gasteiger partial charge in [-0.2, -0.15) is 0 Å². The SMILES string of the molecule is Cn1c(=O)c2c(ncn2CC(=O)N(c2ccccc2)c2ccccc2)n(C)c1=O. The van der Waals surface area contributed by atoms with E-state index in [1.54, 1.807) is 11.9 Å². The Morgan fingerprint density at radius 3 is 2.00 bits per heavy atom. The van der Waals surface area contributed by atoms with Gasteiger partial charge in [-0.25, -0.2) is 9.78 Å². The third-order valence-corrected chi connectivity index (χ3v) is 4.80. The van der Waals surface area contributed by atoms with Gasteiger partial charge in [-0.15, -0.1) is 0 Å². The minimum absolute atomic E-state index is 0.103. The van der Waals surface area contributed by atoms with Crippen molar-refractivity contribution in [3.05, 3.63) is 87.8 Å². The van der Waals surface area contributed by atoms with Gasteiger partial charge in [0.1, 0.15) is 6.54 Å². The molecular formula is C21H19N5O3. The van der Waals surface area contributed by atoms with E-state index in [1.807, 2.05) is 60.7 Å². The minimum atomic E-state index is -0.487. The number of amides is 1. The predicted octanol–water partition coefficient (Wildman–Crippen LogP) is 1.80. The first-order chi connectivity index (χ1) is 14.0. The van der Waals surface area contributed by atoms with Crippen LogP contribution in [-0.2, 0) is 25.4 Å². The molecule has 1 amide bonds. The molecule has 0 aliphatic heterocycles. The summed E-state index contributed by atoms with van der Waals surface area (Å²) >= 11 is 0. The van der Waals surface area contributed by atoms with Gasteiger partial charge >= 0.3 is 5.69 Å². The average Bonchev–Trinajstić information content (AvgIpc) is 3.16. The summed E-state index contributed by atoms with van der Waals surface area (Å²) in [5.74, 6) is -0.238. The fourth-order valence-electron chi connectivity index (χ4n) is 3.32. The van der Waals surface area contributed by atoms with Gasteiger partial charge in [0.2, 0.25) is 0 Å². The fourth-order valence-corrected chi connectivity index (χ4v) is 3.32. The van der Waals surface area contributed by atoms with E-state index in [2.05, 4.69) is 4.98 Å². The Kier molecular flexibility index (Phi) is 4.59. The molecule has 4 aromatic rings. The molecule has 0 spiro atoms. The number of aromatic nitrogens is 4. The van der Waals surface area contributed by atoms with E-state index < -0.39 is 11.2 Å². The molecule has 0 aliphatic carbocycles. The van der Waals surface area contributed by atoms with Crippen molar-refractivity contribution in [1.29, 1.82) is 0 Å². The second kappa shape index (κ2) is 7.23. The van der Waals surface area contributed by atoms with Crippen LogP contribution in [0.2, 0.25) is 0 Å². The number of hydrogen-bond acceptors (Lipinski definition) is 4. The second-order valence-corrected chi connectivity index (χ2v) is 6.65. The van der Waals surface area contributed by atoms with Gasteiger partial charge in [0.05, 0.1) is 6.33 Å². The van der Waals surface area contributed by atoms with E-state index in [1.165, 1.54) is 22.5 Å². The van der Waals surface area contributed by atoms with Gasteiger partial charge < -0.3 is 4.57 Å². The third kappa shape index (κ3) is 3.14. The van der Waals surface area contributed by atoms with Gasteiger partial charge in [-0.1, -0.05) is 36.4 Å². The lowest BCUT2D eigenvalue weighted by molar-refractivity contribution is -0.118. The zero-order chi connectivity index (χ0) is 20.5. The quantitative estimate of drug-likeness (QED) is 0.533. The molecule has 4 rings (SSSR count). The molecule has 2 heterocycles. The maximum atomic E-state index is 13.3. The lowest BCUT2D eigenvalue weighted by Gasteiger charge is -2.23. The van der Waals surface area contributed by atoms with Crippen LogP contribution >= 0.6 is 0 Å². The molecule has 146 valence electrons. The van der Waals surface area contributed by atoms with Crippen LogP contribution in [0.1, 0.15) is 0 Å². The Balaban J connectivity index is 1.80. The normalized spacial score (nSPS) is 11.0. The van der Waals surface area contributed by atoms with Crippen molar-refractivity contribution in [1.82, 2.24) is 18.7 Å².